The number of aryl methyl sites for hydroxylation is 1. The first kappa shape index (κ1) is 18.4. The Kier molecular flexibility index (Phi) is 5.26. The third-order valence-electron chi connectivity index (χ3n) is 3.20. The summed E-state index contributed by atoms with van der Waals surface area (Å²) in [5, 5.41) is -0.0785. The zero-order valence-electron chi connectivity index (χ0n) is 13.5. The van der Waals surface area contributed by atoms with Crippen molar-refractivity contribution >= 4 is 25.5 Å². The number of hydrogen-bond acceptors (Lipinski definition) is 6. The standard InChI is InChI=1S/C15H18N2O5S2/c1-11-8-13(9-16-15(11)23(3,18)19)17-24(20,21)14-7-5-4-6-12(14)10-22-2/h4-9,17H,10H2,1-3H3. The lowest BCUT2D eigenvalue weighted by molar-refractivity contribution is 0.182. The highest BCUT2D eigenvalue weighted by Crippen LogP contribution is 2.22. The van der Waals surface area contributed by atoms with Gasteiger partial charge in [-0.15, -0.1) is 0 Å². The van der Waals surface area contributed by atoms with E-state index in [9.17, 15) is 16.8 Å². The summed E-state index contributed by atoms with van der Waals surface area (Å²) in [5.41, 5.74) is 1.07. The number of pyridine rings is 1. The van der Waals surface area contributed by atoms with Crippen LogP contribution in [-0.2, 0) is 31.2 Å². The molecule has 1 aromatic heterocycles. The minimum Gasteiger partial charge on any atom is -0.380 e. The predicted molar refractivity (Wildman–Crippen MR) is 90.0 cm³/mol. The van der Waals surface area contributed by atoms with Gasteiger partial charge in [-0.05, 0) is 30.2 Å². The Morgan fingerprint density at radius 1 is 1.17 bits per heavy atom. The molecule has 24 heavy (non-hydrogen) atoms. The number of nitrogens with zero attached hydrogens (tertiary/aromatic N) is 1. The number of aromatic nitrogens is 1. The van der Waals surface area contributed by atoms with Gasteiger partial charge in [0, 0.05) is 13.4 Å². The fourth-order valence-corrected chi connectivity index (χ4v) is 4.41. The van der Waals surface area contributed by atoms with Gasteiger partial charge < -0.3 is 4.74 Å². The number of ether oxygens (including phenoxy) is 1. The van der Waals surface area contributed by atoms with Gasteiger partial charge in [0.2, 0.25) is 0 Å². The molecule has 0 spiro atoms. The van der Waals surface area contributed by atoms with Gasteiger partial charge >= 0.3 is 0 Å². The van der Waals surface area contributed by atoms with Crippen LogP contribution < -0.4 is 4.72 Å². The predicted octanol–water partition coefficient (Wildman–Crippen LogP) is 1.74. The zero-order chi connectivity index (χ0) is 18.0. The van der Waals surface area contributed by atoms with Crippen molar-refractivity contribution in [3.05, 3.63) is 47.7 Å². The van der Waals surface area contributed by atoms with Crippen LogP contribution in [-0.4, -0.2) is 35.2 Å². The number of rotatable bonds is 6. The van der Waals surface area contributed by atoms with E-state index in [4.69, 9.17) is 4.74 Å². The van der Waals surface area contributed by atoms with Crippen LogP contribution in [0, 0.1) is 6.92 Å². The van der Waals surface area contributed by atoms with Gasteiger partial charge in [0.15, 0.2) is 14.9 Å². The Balaban J connectivity index is 2.39. The molecule has 0 unspecified atom stereocenters. The Labute approximate surface area is 141 Å². The lowest BCUT2D eigenvalue weighted by Crippen LogP contribution is -2.16. The minimum absolute atomic E-state index is 0.0785. The van der Waals surface area contributed by atoms with Gasteiger partial charge in [0.05, 0.1) is 23.4 Å². The van der Waals surface area contributed by atoms with Crippen molar-refractivity contribution in [1.82, 2.24) is 4.98 Å². The maximum absolute atomic E-state index is 12.6. The summed E-state index contributed by atoms with van der Waals surface area (Å²) < 4.78 is 55.7. The fourth-order valence-electron chi connectivity index (χ4n) is 2.26. The maximum atomic E-state index is 12.6. The number of hydrogen-bond donors (Lipinski definition) is 1. The van der Waals surface area contributed by atoms with E-state index in [1.807, 2.05) is 0 Å². The van der Waals surface area contributed by atoms with Crippen molar-refractivity contribution in [2.45, 2.75) is 23.5 Å². The number of benzene rings is 1. The molecule has 9 heteroatoms. The minimum atomic E-state index is -3.85. The number of methoxy groups -OCH3 is 1. The molecule has 130 valence electrons. The summed E-state index contributed by atoms with van der Waals surface area (Å²) in [7, 11) is -5.84. The molecule has 0 aliphatic carbocycles. The average molecular weight is 370 g/mol. The molecule has 2 rings (SSSR count). The van der Waals surface area contributed by atoms with E-state index < -0.39 is 19.9 Å². The molecule has 0 aliphatic rings. The van der Waals surface area contributed by atoms with Crippen molar-refractivity contribution in [2.24, 2.45) is 0 Å². The molecule has 0 fully saturated rings. The number of sulfone groups is 1. The second kappa shape index (κ2) is 6.88. The van der Waals surface area contributed by atoms with Crippen LogP contribution in [0.5, 0.6) is 0 Å². The van der Waals surface area contributed by atoms with Crippen molar-refractivity contribution in [3.63, 3.8) is 0 Å². The normalized spacial score (nSPS) is 12.1. The second-order valence-corrected chi connectivity index (χ2v) is 8.85. The molecular formula is C15H18N2O5S2. The van der Waals surface area contributed by atoms with Crippen molar-refractivity contribution in [3.8, 4) is 0 Å². The highest BCUT2D eigenvalue weighted by atomic mass is 32.2. The van der Waals surface area contributed by atoms with Crippen molar-refractivity contribution < 1.29 is 21.6 Å². The van der Waals surface area contributed by atoms with Crippen LogP contribution in [0.15, 0.2) is 46.5 Å². The molecule has 0 amide bonds. The van der Waals surface area contributed by atoms with Crippen LogP contribution in [0.1, 0.15) is 11.1 Å². The average Bonchev–Trinajstić information content (AvgIpc) is 2.46. The largest absolute Gasteiger partial charge is 0.380 e. The molecule has 0 bridgehead atoms. The van der Waals surface area contributed by atoms with E-state index >= 15 is 0 Å². The molecule has 1 aromatic carbocycles. The number of nitrogens with one attached hydrogen (secondary N) is 1. The Morgan fingerprint density at radius 3 is 2.42 bits per heavy atom. The molecule has 2 aromatic rings. The first-order valence-electron chi connectivity index (χ1n) is 6.91. The van der Waals surface area contributed by atoms with Gasteiger partial charge in [0.1, 0.15) is 0 Å². The fraction of sp³-hybridized carbons (Fsp3) is 0.267. The van der Waals surface area contributed by atoms with Crippen molar-refractivity contribution in [1.29, 1.82) is 0 Å². The Bertz CT molecular complexity index is 954. The second-order valence-electron chi connectivity index (χ2n) is 5.26. The summed E-state index contributed by atoms with van der Waals surface area (Å²) in [6, 6.07) is 7.90. The van der Waals surface area contributed by atoms with Gasteiger partial charge in [0.25, 0.3) is 10.0 Å². The monoisotopic (exact) mass is 370 g/mol. The van der Waals surface area contributed by atoms with Gasteiger partial charge in [-0.3, -0.25) is 4.72 Å². The van der Waals surface area contributed by atoms with Crippen LogP contribution in [0.4, 0.5) is 5.69 Å². The summed E-state index contributed by atoms with van der Waals surface area (Å²) in [6.45, 7) is 1.71. The number of sulfonamides is 1. The highest BCUT2D eigenvalue weighted by molar-refractivity contribution is 7.92. The quantitative estimate of drug-likeness (QED) is 0.831. The summed E-state index contributed by atoms with van der Waals surface area (Å²) in [6.07, 6.45) is 2.23. The SMILES string of the molecule is COCc1ccccc1S(=O)(=O)Nc1cnc(S(C)(=O)=O)c(C)c1. The maximum Gasteiger partial charge on any atom is 0.262 e. The van der Waals surface area contributed by atoms with E-state index in [-0.39, 0.29) is 22.2 Å². The van der Waals surface area contributed by atoms with E-state index in [1.54, 1.807) is 25.1 Å². The van der Waals surface area contributed by atoms with E-state index in [1.165, 1.54) is 25.4 Å². The van der Waals surface area contributed by atoms with Crippen LogP contribution in [0.25, 0.3) is 0 Å². The van der Waals surface area contributed by atoms with Crippen molar-refractivity contribution in [2.75, 3.05) is 18.1 Å². The molecule has 7 nitrogen and oxygen atoms in total. The lowest BCUT2D eigenvalue weighted by atomic mass is 10.2. The van der Waals surface area contributed by atoms with Gasteiger partial charge in [-0.2, -0.15) is 0 Å². The molecule has 1 N–H and O–H groups in total. The van der Waals surface area contributed by atoms with Crippen LogP contribution in [0.3, 0.4) is 0 Å². The molecule has 0 saturated heterocycles. The van der Waals surface area contributed by atoms with E-state index in [0.717, 1.165) is 6.26 Å². The third kappa shape index (κ3) is 4.11. The molecule has 0 aliphatic heterocycles. The summed E-state index contributed by atoms with van der Waals surface area (Å²) in [5.74, 6) is 0. The first-order chi connectivity index (χ1) is 11.1. The van der Waals surface area contributed by atoms with Gasteiger partial charge in [-0.25, -0.2) is 21.8 Å². The Morgan fingerprint density at radius 2 is 1.83 bits per heavy atom. The highest BCUT2D eigenvalue weighted by Gasteiger charge is 2.20. The molecule has 0 radical (unpaired) electrons. The molecule has 0 saturated carbocycles. The number of anilines is 1. The molecule has 0 atom stereocenters. The first-order valence-corrected chi connectivity index (χ1v) is 10.3. The Hall–Kier alpha value is -1.97. The van der Waals surface area contributed by atoms with E-state index in [2.05, 4.69) is 9.71 Å². The zero-order valence-corrected chi connectivity index (χ0v) is 15.1. The smallest absolute Gasteiger partial charge is 0.262 e. The molecule has 1 heterocycles. The lowest BCUT2D eigenvalue weighted by Gasteiger charge is -2.12. The summed E-state index contributed by atoms with van der Waals surface area (Å²) in [4.78, 5) is 3.94. The van der Waals surface area contributed by atoms with Gasteiger partial charge in [-0.1, -0.05) is 18.2 Å². The topological polar surface area (TPSA) is 102 Å². The summed E-state index contributed by atoms with van der Waals surface area (Å²) >= 11 is 0. The third-order valence-corrected chi connectivity index (χ3v) is 5.81. The van der Waals surface area contributed by atoms with E-state index in [0.29, 0.717) is 11.1 Å². The van der Waals surface area contributed by atoms with Crippen LogP contribution >= 0.6 is 0 Å². The molecular weight excluding hydrogens is 352 g/mol. The van der Waals surface area contributed by atoms with Crippen LogP contribution in [0.2, 0.25) is 0 Å².